The molecule has 8 heteroatoms. The minimum atomic E-state index is -0.247. The number of carbonyl (C=O) groups excluding carboxylic acids is 1. The van der Waals surface area contributed by atoms with Gasteiger partial charge < -0.3 is 25.2 Å². The van der Waals surface area contributed by atoms with Crippen molar-refractivity contribution in [3.05, 3.63) is 42.2 Å². The third-order valence-corrected chi connectivity index (χ3v) is 4.47. The van der Waals surface area contributed by atoms with Crippen LogP contribution in [0.3, 0.4) is 0 Å². The zero-order chi connectivity index (χ0) is 19.1. The first-order chi connectivity index (χ1) is 13.2. The molecule has 2 N–H and O–H groups in total. The lowest BCUT2D eigenvalue weighted by atomic mass is 10.2. The number of piperazine rings is 1. The Morgan fingerprint density at radius 1 is 1.15 bits per heavy atom. The first-order valence-electron chi connectivity index (χ1n) is 9.06. The molecule has 1 fully saturated rings. The lowest BCUT2D eigenvalue weighted by molar-refractivity contribution is 0.0932. The summed E-state index contributed by atoms with van der Waals surface area (Å²) in [5.74, 6) is 0.143. The standard InChI is InChI=1S/C19H26N6O2/c1-24-10-12-25(13-11-24)16-5-3-15(4-6-16)22-19-21-8-7-17(23-19)18(26)20-9-14-27-2/h3-8H,9-14H2,1-2H3,(H,20,26)(H,21,22,23). The van der Waals surface area contributed by atoms with Gasteiger partial charge in [-0.15, -0.1) is 0 Å². The van der Waals surface area contributed by atoms with Crippen molar-refractivity contribution in [3.63, 3.8) is 0 Å². The van der Waals surface area contributed by atoms with Crippen LogP contribution in [-0.2, 0) is 4.74 Å². The number of benzene rings is 1. The highest BCUT2D eigenvalue weighted by Gasteiger charge is 2.14. The van der Waals surface area contributed by atoms with E-state index < -0.39 is 0 Å². The van der Waals surface area contributed by atoms with Crippen LogP contribution in [0, 0.1) is 0 Å². The van der Waals surface area contributed by atoms with Crippen molar-refractivity contribution in [1.29, 1.82) is 0 Å². The second kappa shape index (κ2) is 9.29. The van der Waals surface area contributed by atoms with Crippen LogP contribution in [0.15, 0.2) is 36.5 Å². The van der Waals surface area contributed by atoms with Crippen LogP contribution in [0.2, 0.25) is 0 Å². The molecule has 0 radical (unpaired) electrons. The molecule has 27 heavy (non-hydrogen) atoms. The Bertz CT molecular complexity index is 744. The molecule has 0 aliphatic carbocycles. The molecule has 0 bridgehead atoms. The van der Waals surface area contributed by atoms with Crippen molar-refractivity contribution in [2.24, 2.45) is 0 Å². The summed E-state index contributed by atoms with van der Waals surface area (Å²) in [5, 5.41) is 5.90. The fraction of sp³-hybridized carbons (Fsp3) is 0.421. The fourth-order valence-corrected chi connectivity index (χ4v) is 2.85. The molecule has 0 atom stereocenters. The Morgan fingerprint density at radius 2 is 1.89 bits per heavy atom. The van der Waals surface area contributed by atoms with E-state index in [0.29, 0.717) is 24.8 Å². The third-order valence-electron chi connectivity index (χ3n) is 4.47. The van der Waals surface area contributed by atoms with Gasteiger partial charge in [-0.25, -0.2) is 9.97 Å². The topological polar surface area (TPSA) is 82.6 Å². The maximum Gasteiger partial charge on any atom is 0.270 e. The van der Waals surface area contributed by atoms with Crippen molar-refractivity contribution in [3.8, 4) is 0 Å². The Hall–Kier alpha value is -2.71. The lowest BCUT2D eigenvalue weighted by Gasteiger charge is -2.34. The van der Waals surface area contributed by atoms with Crippen LogP contribution in [0.1, 0.15) is 10.5 Å². The van der Waals surface area contributed by atoms with Crippen LogP contribution < -0.4 is 15.5 Å². The highest BCUT2D eigenvalue weighted by Crippen LogP contribution is 2.20. The third kappa shape index (κ3) is 5.38. The molecule has 1 aliphatic heterocycles. The minimum absolute atomic E-state index is 0.247. The van der Waals surface area contributed by atoms with Gasteiger partial charge in [0, 0.05) is 57.4 Å². The largest absolute Gasteiger partial charge is 0.383 e. The Morgan fingerprint density at radius 3 is 2.59 bits per heavy atom. The number of anilines is 3. The zero-order valence-corrected chi connectivity index (χ0v) is 15.8. The summed E-state index contributed by atoms with van der Waals surface area (Å²) in [5.41, 5.74) is 2.41. The molecule has 1 aromatic heterocycles. The SMILES string of the molecule is COCCNC(=O)c1ccnc(Nc2ccc(N3CCN(C)CC3)cc2)n1. The Balaban J connectivity index is 1.60. The number of likely N-dealkylation sites (N-methyl/N-ethyl adjacent to an activating group) is 1. The van der Waals surface area contributed by atoms with E-state index in [2.05, 4.69) is 49.6 Å². The number of hydrogen-bond donors (Lipinski definition) is 2. The molecule has 0 unspecified atom stereocenters. The number of nitrogens with zero attached hydrogens (tertiary/aromatic N) is 4. The summed E-state index contributed by atoms with van der Waals surface area (Å²) in [6.45, 7) is 5.12. The molecule has 1 aromatic carbocycles. The first-order valence-corrected chi connectivity index (χ1v) is 9.06. The van der Waals surface area contributed by atoms with E-state index in [1.165, 1.54) is 5.69 Å². The van der Waals surface area contributed by atoms with Gasteiger partial charge in [-0.2, -0.15) is 0 Å². The average molecular weight is 370 g/mol. The molecular weight excluding hydrogens is 344 g/mol. The van der Waals surface area contributed by atoms with Crippen LogP contribution in [0.5, 0.6) is 0 Å². The van der Waals surface area contributed by atoms with Crippen molar-refractivity contribution >= 4 is 23.2 Å². The van der Waals surface area contributed by atoms with Gasteiger partial charge in [0.05, 0.1) is 6.61 Å². The summed E-state index contributed by atoms with van der Waals surface area (Å²) in [6.07, 6.45) is 1.57. The van der Waals surface area contributed by atoms with E-state index in [1.807, 2.05) is 12.1 Å². The highest BCUT2D eigenvalue weighted by molar-refractivity contribution is 5.92. The van der Waals surface area contributed by atoms with Gasteiger partial charge in [0.2, 0.25) is 5.95 Å². The molecule has 0 saturated carbocycles. The van der Waals surface area contributed by atoms with Crippen molar-refractivity contribution in [1.82, 2.24) is 20.2 Å². The maximum atomic E-state index is 12.1. The number of carbonyl (C=O) groups is 1. The van der Waals surface area contributed by atoms with Gasteiger partial charge in [-0.1, -0.05) is 0 Å². The molecule has 1 amide bonds. The van der Waals surface area contributed by atoms with Crippen molar-refractivity contribution in [2.75, 3.05) is 63.7 Å². The maximum absolute atomic E-state index is 12.1. The number of amides is 1. The van der Waals surface area contributed by atoms with Gasteiger partial charge in [0.15, 0.2) is 0 Å². The number of aromatic nitrogens is 2. The average Bonchev–Trinajstić information content (AvgIpc) is 2.70. The number of ether oxygens (including phenoxy) is 1. The summed E-state index contributed by atoms with van der Waals surface area (Å²) in [4.78, 5) is 25.3. The smallest absolute Gasteiger partial charge is 0.270 e. The normalized spacial score (nSPS) is 14.8. The quantitative estimate of drug-likeness (QED) is 0.712. The van der Waals surface area contributed by atoms with Gasteiger partial charge in [0.1, 0.15) is 5.69 Å². The number of methoxy groups -OCH3 is 1. The number of nitrogens with one attached hydrogen (secondary N) is 2. The summed E-state index contributed by atoms with van der Waals surface area (Å²) >= 11 is 0. The van der Waals surface area contributed by atoms with Gasteiger partial charge >= 0.3 is 0 Å². The monoisotopic (exact) mass is 370 g/mol. The molecule has 1 aliphatic rings. The fourth-order valence-electron chi connectivity index (χ4n) is 2.85. The predicted octanol–water partition coefficient (Wildman–Crippen LogP) is 1.35. The molecule has 8 nitrogen and oxygen atoms in total. The predicted molar refractivity (Wildman–Crippen MR) is 106 cm³/mol. The second-order valence-corrected chi connectivity index (χ2v) is 6.48. The zero-order valence-electron chi connectivity index (χ0n) is 15.8. The molecule has 1 saturated heterocycles. The molecule has 2 aromatic rings. The van der Waals surface area contributed by atoms with Gasteiger partial charge in [-0.3, -0.25) is 4.79 Å². The minimum Gasteiger partial charge on any atom is -0.383 e. The van der Waals surface area contributed by atoms with E-state index in [9.17, 15) is 4.79 Å². The number of rotatable bonds is 7. The summed E-state index contributed by atoms with van der Waals surface area (Å²) < 4.78 is 4.92. The Labute approximate surface area is 159 Å². The highest BCUT2D eigenvalue weighted by atomic mass is 16.5. The van der Waals surface area contributed by atoms with E-state index in [0.717, 1.165) is 31.9 Å². The van der Waals surface area contributed by atoms with Crippen LogP contribution in [0.25, 0.3) is 0 Å². The van der Waals surface area contributed by atoms with E-state index in [1.54, 1.807) is 19.4 Å². The molecule has 0 spiro atoms. The van der Waals surface area contributed by atoms with Crippen molar-refractivity contribution in [2.45, 2.75) is 0 Å². The molecule has 144 valence electrons. The molecule has 2 heterocycles. The van der Waals surface area contributed by atoms with E-state index in [-0.39, 0.29) is 5.91 Å². The molecular formula is C19H26N6O2. The summed E-state index contributed by atoms with van der Waals surface area (Å²) in [7, 11) is 3.74. The number of hydrogen-bond acceptors (Lipinski definition) is 7. The van der Waals surface area contributed by atoms with E-state index >= 15 is 0 Å². The molecule has 3 rings (SSSR count). The van der Waals surface area contributed by atoms with E-state index in [4.69, 9.17) is 4.74 Å². The van der Waals surface area contributed by atoms with Crippen LogP contribution >= 0.6 is 0 Å². The second-order valence-electron chi connectivity index (χ2n) is 6.48. The summed E-state index contributed by atoms with van der Waals surface area (Å²) in [6, 6.07) is 9.78. The van der Waals surface area contributed by atoms with Gasteiger partial charge in [0.25, 0.3) is 5.91 Å². The van der Waals surface area contributed by atoms with Crippen molar-refractivity contribution < 1.29 is 9.53 Å². The Kier molecular flexibility index (Phi) is 6.56. The lowest BCUT2D eigenvalue weighted by Crippen LogP contribution is -2.44. The van der Waals surface area contributed by atoms with Crippen LogP contribution in [-0.4, -0.2) is 74.3 Å². The first kappa shape index (κ1) is 19.1. The van der Waals surface area contributed by atoms with Gasteiger partial charge in [-0.05, 0) is 37.4 Å². The van der Waals surface area contributed by atoms with Crippen LogP contribution in [0.4, 0.5) is 17.3 Å².